The van der Waals surface area contributed by atoms with Crippen molar-refractivity contribution < 1.29 is 14.7 Å². The molecule has 0 aliphatic rings. The van der Waals surface area contributed by atoms with Crippen molar-refractivity contribution in [2.45, 2.75) is 18.9 Å². The van der Waals surface area contributed by atoms with Gasteiger partial charge in [-0.15, -0.1) is 0 Å². The molecule has 108 valence electrons. The van der Waals surface area contributed by atoms with Crippen molar-refractivity contribution in [2.24, 2.45) is 11.5 Å². The second-order valence-electron chi connectivity index (χ2n) is 3.78. The summed E-state index contributed by atoms with van der Waals surface area (Å²) in [5.74, 6) is -1.64. The monoisotopic (exact) mass is 282 g/mol. The van der Waals surface area contributed by atoms with Gasteiger partial charge in [0.2, 0.25) is 5.91 Å². The molecule has 0 bridgehead atoms. The minimum atomic E-state index is -1.11. The van der Waals surface area contributed by atoms with Crippen molar-refractivity contribution in [3.8, 4) is 0 Å². The van der Waals surface area contributed by atoms with Crippen molar-refractivity contribution >= 4 is 23.0 Å². The maximum absolute atomic E-state index is 10.9. The van der Waals surface area contributed by atoms with E-state index in [9.17, 15) is 14.4 Å². The van der Waals surface area contributed by atoms with Crippen LogP contribution >= 0.6 is 0 Å². The van der Waals surface area contributed by atoms with Crippen LogP contribution in [0.15, 0.2) is 17.4 Å². The van der Waals surface area contributed by atoms with Gasteiger partial charge in [0.1, 0.15) is 6.04 Å². The Morgan fingerprint density at radius 1 is 1.30 bits per heavy atom. The smallest absolute Gasteiger partial charge is 0.320 e. The first-order valence-corrected chi connectivity index (χ1v) is 5.55. The first-order valence-electron chi connectivity index (χ1n) is 5.55. The zero-order valence-electron chi connectivity index (χ0n) is 10.4. The lowest BCUT2D eigenvalue weighted by Crippen LogP contribution is -2.31. The molecule has 1 amide bonds. The van der Waals surface area contributed by atoms with Crippen LogP contribution < -0.4 is 17.0 Å². The molecule has 2 aromatic heterocycles. The van der Waals surface area contributed by atoms with Crippen molar-refractivity contribution in [3.63, 3.8) is 0 Å². The van der Waals surface area contributed by atoms with Gasteiger partial charge in [-0.3, -0.25) is 14.4 Å². The number of fused-ring (bicyclic) bond motifs is 1. The Morgan fingerprint density at radius 2 is 1.90 bits per heavy atom. The molecular weight excluding hydrogens is 268 g/mol. The third-order valence-corrected chi connectivity index (χ3v) is 2.25. The number of nitrogens with zero attached hydrogens (tertiary/aromatic N) is 2. The summed E-state index contributed by atoms with van der Waals surface area (Å²) in [6.07, 6.45) is 2.89. The molecule has 7 N–H and O–H groups in total. The molecule has 2 heterocycles. The number of rotatable bonds is 4. The van der Waals surface area contributed by atoms with Gasteiger partial charge in [0, 0.05) is 6.42 Å². The van der Waals surface area contributed by atoms with Gasteiger partial charge >= 0.3 is 5.97 Å². The highest BCUT2D eigenvalue weighted by atomic mass is 16.4. The lowest BCUT2D eigenvalue weighted by atomic mass is 10.2. The quantitative estimate of drug-likeness (QED) is 0.443. The molecule has 0 saturated carbocycles. The second-order valence-corrected chi connectivity index (χ2v) is 3.78. The largest absolute Gasteiger partial charge is 0.480 e. The summed E-state index contributed by atoms with van der Waals surface area (Å²) < 4.78 is 0. The molecule has 0 aromatic carbocycles. The minimum Gasteiger partial charge on any atom is -0.480 e. The molecule has 0 fully saturated rings. The summed E-state index contributed by atoms with van der Waals surface area (Å²) in [6.45, 7) is 0. The maximum atomic E-state index is 10.9. The molecule has 1 atom stereocenters. The fourth-order valence-corrected chi connectivity index (χ4v) is 1.20. The van der Waals surface area contributed by atoms with Crippen LogP contribution in [0, 0.1) is 0 Å². The number of primary amides is 1. The highest BCUT2D eigenvalue weighted by molar-refractivity contribution is 5.77. The number of aliphatic carboxylic acids is 1. The zero-order chi connectivity index (χ0) is 15.1. The number of carboxylic acids is 1. The molecule has 2 aromatic rings. The second kappa shape index (κ2) is 6.99. The summed E-state index contributed by atoms with van der Waals surface area (Å²) >= 11 is 0. The summed E-state index contributed by atoms with van der Waals surface area (Å²) in [4.78, 5) is 43.7. The van der Waals surface area contributed by atoms with E-state index < -0.39 is 17.9 Å². The van der Waals surface area contributed by atoms with E-state index in [2.05, 4.69) is 19.9 Å². The first-order chi connectivity index (χ1) is 9.41. The highest BCUT2D eigenvalue weighted by Gasteiger charge is 2.11. The average molecular weight is 282 g/mol. The number of aromatic nitrogens is 4. The average Bonchev–Trinajstić information content (AvgIpc) is 2.86. The third kappa shape index (κ3) is 4.49. The highest BCUT2D eigenvalue weighted by Crippen LogP contribution is 1.94. The number of carboxylic acid groups (broad SMARTS) is 1. The minimum absolute atomic E-state index is 0.0213. The number of hydrogen-bond donors (Lipinski definition) is 5. The number of aromatic amines is 2. The molecule has 0 saturated heterocycles. The van der Waals surface area contributed by atoms with Crippen LogP contribution in [-0.2, 0) is 9.59 Å². The topological polar surface area (TPSA) is 181 Å². The molecule has 10 nitrogen and oxygen atoms in total. The predicted molar refractivity (Wildman–Crippen MR) is 68.5 cm³/mol. The van der Waals surface area contributed by atoms with Gasteiger partial charge in [-0.1, -0.05) is 0 Å². The van der Waals surface area contributed by atoms with Crippen molar-refractivity contribution in [1.82, 2.24) is 19.9 Å². The Morgan fingerprint density at radius 3 is 2.40 bits per heavy atom. The number of nitrogens with two attached hydrogens (primary N) is 2. The van der Waals surface area contributed by atoms with Gasteiger partial charge in [-0.25, -0.2) is 9.97 Å². The van der Waals surface area contributed by atoms with E-state index in [1.54, 1.807) is 0 Å². The molecule has 10 heteroatoms. The normalized spacial score (nSPS) is 11.4. The Kier molecular flexibility index (Phi) is 5.35. The maximum Gasteiger partial charge on any atom is 0.320 e. The van der Waals surface area contributed by atoms with E-state index in [-0.39, 0.29) is 18.4 Å². The van der Waals surface area contributed by atoms with E-state index in [0.717, 1.165) is 0 Å². The predicted octanol–water partition coefficient (Wildman–Crippen LogP) is -1.69. The van der Waals surface area contributed by atoms with Gasteiger partial charge in [0.25, 0.3) is 5.56 Å². The van der Waals surface area contributed by atoms with Gasteiger partial charge in [-0.05, 0) is 6.42 Å². The Labute approximate surface area is 112 Å². The standard InChI is InChI=1S/C5H4N4O.C5H10N2O3/c10-5-3-4(7-1-6-3)8-2-9-5;6-3(5(9)10)1-2-4(7)8/h1-2H,(H2,6,7,8,9,10);3H,1-2,6H2,(H2,7,8)(H,9,10)/t;3-/m.0/s1. The number of carbonyl (C=O) groups is 2. The Bertz CT molecular complexity index is 648. The van der Waals surface area contributed by atoms with Crippen molar-refractivity contribution in [2.75, 3.05) is 0 Å². The number of hydrogen-bond acceptors (Lipinski definition) is 6. The van der Waals surface area contributed by atoms with Gasteiger partial charge < -0.3 is 26.5 Å². The van der Waals surface area contributed by atoms with Crippen LogP contribution in [0.2, 0.25) is 0 Å². The van der Waals surface area contributed by atoms with Crippen LogP contribution in [0.1, 0.15) is 12.8 Å². The van der Waals surface area contributed by atoms with E-state index in [0.29, 0.717) is 11.2 Å². The molecular formula is C10H14N6O4. The number of carbonyl (C=O) groups excluding carboxylic acids is 1. The van der Waals surface area contributed by atoms with Crippen LogP contribution in [-0.4, -0.2) is 43.0 Å². The fraction of sp³-hybridized carbons (Fsp3) is 0.300. The summed E-state index contributed by atoms with van der Waals surface area (Å²) in [5, 5.41) is 8.22. The van der Waals surface area contributed by atoms with Crippen LogP contribution in [0.25, 0.3) is 11.2 Å². The molecule has 0 aliphatic carbocycles. The fourth-order valence-electron chi connectivity index (χ4n) is 1.20. The molecule has 0 spiro atoms. The van der Waals surface area contributed by atoms with Crippen LogP contribution in [0.3, 0.4) is 0 Å². The number of imidazole rings is 1. The van der Waals surface area contributed by atoms with E-state index in [1.165, 1.54) is 12.7 Å². The van der Waals surface area contributed by atoms with Gasteiger partial charge in [0.15, 0.2) is 11.2 Å². The van der Waals surface area contributed by atoms with Crippen molar-refractivity contribution in [3.05, 3.63) is 23.0 Å². The molecule has 0 aliphatic heterocycles. The summed E-state index contributed by atoms with van der Waals surface area (Å²) in [5.41, 5.74) is 10.5. The SMILES string of the molecule is NC(=O)CC[C@H](N)C(=O)O.O=c1[nH]cnc2nc[nH]c12. The molecule has 0 unspecified atom stereocenters. The number of nitrogens with one attached hydrogen (secondary N) is 2. The van der Waals surface area contributed by atoms with E-state index in [1.807, 2.05) is 0 Å². The lowest BCUT2D eigenvalue weighted by molar-refractivity contribution is -0.138. The van der Waals surface area contributed by atoms with Crippen molar-refractivity contribution in [1.29, 1.82) is 0 Å². The summed E-state index contributed by atoms with van der Waals surface area (Å²) in [7, 11) is 0. The van der Waals surface area contributed by atoms with Gasteiger partial charge in [-0.2, -0.15) is 0 Å². The molecule has 0 radical (unpaired) electrons. The van der Waals surface area contributed by atoms with E-state index >= 15 is 0 Å². The number of H-pyrrole nitrogens is 2. The molecule has 20 heavy (non-hydrogen) atoms. The third-order valence-electron chi connectivity index (χ3n) is 2.25. The Hall–Kier alpha value is -2.75. The van der Waals surface area contributed by atoms with Gasteiger partial charge in [0.05, 0.1) is 12.7 Å². The van der Waals surface area contributed by atoms with Crippen LogP contribution in [0.5, 0.6) is 0 Å². The molecule has 2 rings (SSSR count). The first kappa shape index (κ1) is 15.3. The van der Waals surface area contributed by atoms with E-state index in [4.69, 9.17) is 16.6 Å². The lowest BCUT2D eigenvalue weighted by Gasteiger charge is -2.01. The Balaban J connectivity index is 0.000000200. The summed E-state index contributed by atoms with van der Waals surface area (Å²) in [6, 6.07) is -0.979. The zero-order valence-corrected chi connectivity index (χ0v) is 10.4. The van der Waals surface area contributed by atoms with Crippen LogP contribution in [0.4, 0.5) is 0 Å². The number of amides is 1.